The maximum atomic E-state index is 12.6. The van der Waals surface area contributed by atoms with E-state index in [1.165, 1.54) is 16.9 Å². The summed E-state index contributed by atoms with van der Waals surface area (Å²) in [6, 6.07) is 8.86. The van der Waals surface area contributed by atoms with Gasteiger partial charge >= 0.3 is 5.69 Å². The molecule has 0 unspecified atom stereocenters. The van der Waals surface area contributed by atoms with E-state index in [1.807, 2.05) is 32.0 Å². The van der Waals surface area contributed by atoms with Gasteiger partial charge in [0.05, 0.1) is 43.1 Å². The number of hydrogen-bond acceptors (Lipinski definition) is 8. The summed E-state index contributed by atoms with van der Waals surface area (Å²) in [6.07, 6.45) is 5.70. The minimum atomic E-state index is -0.529. The fourth-order valence-corrected chi connectivity index (χ4v) is 3.37. The van der Waals surface area contributed by atoms with E-state index in [-0.39, 0.29) is 18.0 Å². The Bertz CT molecular complexity index is 1320. The van der Waals surface area contributed by atoms with Gasteiger partial charge in [-0.2, -0.15) is 10.2 Å². The molecule has 0 aliphatic carbocycles. The zero-order chi connectivity index (χ0) is 24.8. The van der Waals surface area contributed by atoms with Gasteiger partial charge in [0.25, 0.3) is 5.91 Å². The third kappa shape index (κ3) is 5.85. The third-order valence-electron chi connectivity index (χ3n) is 4.88. The number of amides is 1. The molecule has 35 heavy (non-hydrogen) atoms. The summed E-state index contributed by atoms with van der Waals surface area (Å²) in [5.74, 6) is 1.45. The van der Waals surface area contributed by atoms with E-state index in [9.17, 15) is 14.9 Å². The van der Waals surface area contributed by atoms with Crippen LogP contribution in [-0.2, 0) is 13.1 Å². The Hall–Kier alpha value is -4.61. The molecular weight excluding hydrogens is 456 g/mol. The van der Waals surface area contributed by atoms with Crippen molar-refractivity contribution in [1.82, 2.24) is 19.6 Å². The summed E-state index contributed by atoms with van der Waals surface area (Å²) in [5.41, 5.74) is 1.35. The lowest BCUT2D eigenvalue weighted by Gasteiger charge is -2.12. The number of anilines is 1. The fraction of sp³-hybridized carbons (Fsp3) is 0.261. The molecule has 1 aromatic carbocycles. The summed E-state index contributed by atoms with van der Waals surface area (Å²) >= 11 is 0. The van der Waals surface area contributed by atoms with Crippen LogP contribution in [0.25, 0.3) is 0 Å². The van der Waals surface area contributed by atoms with Crippen molar-refractivity contribution in [3.05, 3.63) is 82.3 Å². The van der Waals surface area contributed by atoms with Gasteiger partial charge in [-0.3, -0.25) is 24.3 Å². The summed E-state index contributed by atoms with van der Waals surface area (Å²) in [7, 11) is 0. The largest absolute Gasteiger partial charge is 0.490 e. The molecule has 182 valence electrons. The summed E-state index contributed by atoms with van der Waals surface area (Å²) in [4.78, 5) is 22.8. The number of aromatic nitrogens is 4. The maximum absolute atomic E-state index is 12.6. The smallest absolute Gasteiger partial charge is 0.307 e. The van der Waals surface area contributed by atoms with Crippen LogP contribution in [0.5, 0.6) is 11.5 Å². The number of hydrogen-bond donors (Lipinski definition) is 1. The molecule has 0 aliphatic heterocycles. The molecule has 0 atom stereocenters. The monoisotopic (exact) mass is 480 g/mol. The van der Waals surface area contributed by atoms with Crippen LogP contribution in [0, 0.1) is 10.1 Å². The van der Waals surface area contributed by atoms with E-state index in [2.05, 4.69) is 15.5 Å². The summed E-state index contributed by atoms with van der Waals surface area (Å²) in [5, 5.41) is 21.7. The Morgan fingerprint density at radius 3 is 2.51 bits per heavy atom. The normalized spacial score (nSPS) is 10.8. The molecule has 1 N–H and O–H groups in total. The highest BCUT2D eigenvalue weighted by Crippen LogP contribution is 2.29. The van der Waals surface area contributed by atoms with Crippen molar-refractivity contribution in [2.75, 3.05) is 18.5 Å². The van der Waals surface area contributed by atoms with Crippen LogP contribution in [-0.4, -0.2) is 43.6 Å². The zero-order valence-corrected chi connectivity index (χ0v) is 19.2. The predicted molar refractivity (Wildman–Crippen MR) is 125 cm³/mol. The Kier molecular flexibility index (Phi) is 7.10. The first kappa shape index (κ1) is 23.5. The number of nitrogens with one attached hydrogen (secondary N) is 1. The Morgan fingerprint density at radius 1 is 1.03 bits per heavy atom. The molecule has 0 bridgehead atoms. The number of rotatable bonds is 11. The first-order valence-corrected chi connectivity index (χ1v) is 10.9. The van der Waals surface area contributed by atoms with Crippen molar-refractivity contribution < 1.29 is 23.6 Å². The molecule has 0 aliphatic rings. The highest BCUT2D eigenvalue weighted by Gasteiger charge is 2.15. The van der Waals surface area contributed by atoms with Gasteiger partial charge in [-0.15, -0.1) is 0 Å². The van der Waals surface area contributed by atoms with Crippen molar-refractivity contribution in [3.8, 4) is 11.5 Å². The molecule has 12 heteroatoms. The molecule has 3 aromatic heterocycles. The fourth-order valence-electron chi connectivity index (χ4n) is 3.37. The molecular formula is C23H24N6O6. The van der Waals surface area contributed by atoms with Crippen LogP contribution >= 0.6 is 0 Å². The van der Waals surface area contributed by atoms with Gasteiger partial charge in [-0.1, -0.05) is 6.07 Å². The lowest BCUT2D eigenvalue weighted by Crippen LogP contribution is -2.10. The second kappa shape index (κ2) is 10.5. The van der Waals surface area contributed by atoms with Crippen LogP contribution in [0.4, 0.5) is 11.4 Å². The first-order valence-electron chi connectivity index (χ1n) is 10.9. The van der Waals surface area contributed by atoms with Crippen molar-refractivity contribution in [2.45, 2.75) is 26.9 Å². The maximum Gasteiger partial charge on any atom is 0.307 e. The highest BCUT2D eigenvalue weighted by molar-refractivity contribution is 6.02. The highest BCUT2D eigenvalue weighted by atomic mass is 16.6. The van der Waals surface area contributed by atoms with Crippen molar-refractivity contribution in [3.63, 3.8) is 0 Å². The third-order valence-corrected chi connectivity index (χ3v) is 4.88. The van der Waals surface area contributed by atoms with Gasteiger partial charge in [0.2, 0.25) is 0 Å². The molecule has 0 spiro atoms. The topological polar surface area (TPSA) is 139 Å². The van der Waals surface area contributed by atoms with E-state index in [1.54, 1.807) is 23.1 Å². The second-order valence-corrected chi connectivity index (χ2v) is 7.45. The molecule has 0 saturated carbocycles. The van der Waals surface area contributed by atoms with E-state index in [4.69, 9.17) is 13.9 Å². The Morgan fingerprint density at radius 2 is 1.77 bits per heavy atom. The van der Waals surface area contributed by atoms with Gasteiger partial charge in [-0.25, -0.2) is 0 Å². The van der Waals surface area contributed by atoms with Gasteiger partial charge in [0.15, 0.2) is 17.3 Å². The lowest BCUT2D eigenvalue weighted by molar-refractivity contribution is -0.385. The number of carbonyl (C=O) groups is 1. The number of furan rings is 1. The standard InChI is InChI=1S/C23H24N6O6/c1-3-33-20-7-5-16(9-22(20)34-4-2)12-27-13-17(10-24-27)26-23(30)21-8-6-19(35-21)15-28-14-18(11-25-28)29(31)32/h5-11,13-14H,3-4,12,15H2,1-2H3,(H,26,30). The average molecular weight is 480 g/mol. The number of benzene rings is 1. The molecule has 0 radical (unpaired) electrons. The summed E-state index contributed by atoms with van der Waals surface area (Å²) in [6.45, 7) is 5.53. The molecule has 1 amide bonds. The van der Waals surface area contributed by atoms with Crippen molar-refractivity contribution in [1.29, 1.82) is 0 Å². The van der Waals surface area contributed by atoms with Crippen LogP contribution in [0.1, 0.15) is 35.7 Å². The molecule has 4 aromatic rings. The lowest BCUT2D eigenvalue weighted by atomic mass is 10.2. The van der Waals surface area contributed by atoms with E-state index < -0.39 is 10.8 Å². The van der Waals surface area contributed by atoms with E-state index in [0.717, 1.165) is 11.8 Å². The predicted octanol–water partition coefficient (Wildman–Crippen LogP) is 3.73. The average Bonchev–Trinajstić information content (AvgIpc) is 3.58. The zero-order valence-electron chi connectivity index (χ0n) is 19.2. The van der Waals surface area contributed by atoms with Gasteiger partial charge in [0, 0.05) is 6.20 Å². The molecule has 12 nitrogen and oxygen atoms in total. The molecule has 3 heterocycles. The Labute approximate surface area is 200 Å². The SMILES string of the molecule is CCOc1ccc(Cn2cc(NC(=O)c3ccc(Cn4cc([N+](=O)[O-])cn4)o3)cn2)cc1OCC. The number of nitrogens with zero attached hydrogens (tertiary/aromatic N) is 5. The number of nitro groups is 1. The molecule has 0 fully saturated rings. The number of carbonyl (C=O) groups excluding carboxylic acids is 1. The van der Waals surface area contributed by atoms with E-state index in [0.29, 0.717) is 42.7 Å². The minimum Gasteiger partial charge on any atom is -0.490 e. The van der Waals surface area contributed by atoms with Crippen molar-refractivity contribution in [2.24, 2.45) is 0 Å². The van der Waals surface area contributed by atoms with Crippen LogP contribution in [0.15, 0.2) is 59.5 Å². The molecule has 0 saturated heterocycles. The van der Waals surface area contributed by atoms with Gasteiger partial charge in [0.1, 0.15) is 18.2 Å². The van der Waals surface area contributed by atoms with Crippen LogP contribution in [0.2, 0.25) is 0 Å². The second-order valence-electron chi connectivity index (χ2n) is 7.45. The molecule has 4 rings (SSSR count). The van der Waals surface area contributed by atoms with Gasteiger partial charge < -0.3 is 19.2 Å². The quantitative estimate of drug-likeness (QED) is 0.253. The van der Waals surface area contributed by atoms with Crippen LogP contribution in [0.3, 0.4) is 0 Å². The number of ether oxygens (including phenoxy) is 2. The first-order chi connectivity index (χ1) is 16.9. The minimum absolute atomic E-state index is 0.0993. The summed E-state index contributed by atoms with van der Waals surface area (Å²) < 4.78 is 19.9. The van der Waals surface area contributed by atoms with E-state index >= 15 is 0 Å². The van der Waals surface area contributed by atoms with Gasteiger partial charge in [-0.05, 0) is 43.7 Å². The van der Waals surface area contributed by atoms with Crippen molar-refractivity contribution >= 4 is 17.3 Å². The van der Waals surface area contributed by atoms with Crippen LogP contribution < -0.4 is 14.8 Å². The Balaban J connectivity index is 1.37.